The summed E-state index contributed by atoms with van der Waals surface area (Å²) in [5.74, 6) is 1.64. The Bertz CT molecular complexity index is 442. The van der Waals surface area contributed by atoms with Crippen LogP contribution in [0.2, 0.25) is 0 Å². The van der Waals surface area contributed by atoms with Crippen LogP contribution in [0.3, 0.4) is 0 Å². The quantitative estimate of drug-likeness (QED) is 0.862. The Balaban J connectivity index is 2.50. The van der Waals surface area contributed by atoms with Gasteiger partial charge in [0.25, 0.3) is 0 Å². The lowest BCUT2D eigenvalue weighted by atomic mass is 10.1. The van der Waals surface area contributed by atoms with Crippen LogP contribution in [-0.4, -0.2) is 23.4 Å². The summed E-state index contributed by atoms with van der Waals surface area (Å²) in [5, 5.41) is 6.77. The number of aromatic amines is 1. The van der Waals surface area contributed by atoms with Crippen LogP contribution in [0.1, 0.15) is 13.8 Å². The van der Waals surface area contributed by atoms with E-state index in [1.54, 1.807) is 6.20 Å². The van der Waals surface area contributed by atoms with E-state index in [0.29, 0.717) is 13.2 Å². The number of hydrogen-bond acceptors (Lipinski definition) is 3. The normalized spacial score (nSPS) is 10.2. The number of nitrogens with one attached hydrogen (secondary N) is 1. The summed E-state index contributed by atoms with van der Waals surface area (Å²) in [4.78, 5) is 0. The summed E-state index contributed by atoms with van der Waals surface area (Å²) in [7, 11) is 0. The first-order valence-electron chi connectivity index (χ1n) is 5.74. The molecule has 1 N–H and O–H groups in total. The first-order valence-corrected chi connectivity index (χ1v) is 5.74. The minimum absolute atomic E-state index is 0.625. The molecule has 17 heavy (non-hydrogen) atoms. The van der Waals surface area contributed by atoms with Crippen molar-refractivity contribution in [1.82, 2.24) is 10.2 Å². The second-order valence-corrected chi connectivity index (χ2v) is 3.48. The van der Waals surface area contributed by atoms with Gasteiger partial charge in [0.2, 0.25) is 0 Å². The average Bonchev–Trinajstić information content (AvgIpc) is 2.84. The highest BCUT2D eigenvalue weighted by Gasteiger charge is 2.13. The van der Waals surface area contributed by atoms with Gasteiger partial charge in [0.1, 0.15) is 11.5 Å². The molecule has 0 saturated carbocycles. The molecule has 0 saturated heterocycles. The third-order valence-corrected chi connectivity index (χ3v) is 2.37. The molecule has 1 heterocycles. The molecule has 0 aliphatic heterocycles. The van der Waals surface area contributed by atoms with Gasteiger partial charge in [-0.3, -0.25) is 5.10 Å². The zero-order chi connectivity index (χ0) is 12.1. The zero-order valence-corrected chi connectivity index (χ0v) is 10.1. The zero-order valence-electron chi connectivity index (χ0n) is 10.1. The molecule has 1 aromatic carbocycles. The van der Waals surface area contributed by atoms with Gasteiger partial charge in [0, 0.05) is 11.8 Å². The topological polar surface area (TPSA) is 47.1 Å². The Hall–Kier alpha value is -1.97. The van der Waals surface area contributed by atoms with Crippen molar-refractivity contribution in [1.29, 1.82) is 0 Å². The molecular weight excluding hydrogens is 216 g/mol. The molecule has 0 aliphatic rings. The molecule has 0 bridgehead atoms. The van der Waals surface area contributed by atoms with Crippen LogP contribution < -0.4 is 9.47 Å². The predicted octanol–water partition coefficient (Wildman–Crippen LogP) is 2.87. The van der Waals surface area contributed by atoms with Crippen molar-refractivity contribution in [2.45, 2.75) is 13.8 Å². The second kappa shape index (κ2) is 5.39. The van der Waals surface area contributed by atoms with Crippen molar-refractivity contribution in [2.24, 2.45) is 0 Å². The van der Waals surface area contributed by atoms with Crippen LogP contribution in [0.4, 0.5) is 0 Å². The van der Waals surface area contributed by atoms with Gasteiger partial charge in [0.15, 0.2) is 0 Å². The lowest BCUT2D eigenvalue weighted by Crippen LogP contribution is -1.98. The molecule has 0 atom stereocenters. The number of H-pyrrole nitrogens is 1. The molecule has 0 amide bonds. The first-order chi connectivity index (χ1) is 8.36. The van der Waals surface area contributed by atoms with E-state index in [0.717, 1.165) is 22.6 Å². The minimum Gasteiger partial charge on any atom is -0.493 e. The van der Waals surface area contributed by atoms with Crippen molar-refractivity contribution in [3.63, 3.8) is 0 Å². The van der Waals surface area contributed by atoms with Gasteiger partial charge >= 0.3 is 0 Å². The Kier molecular flexibility index (Phi) is 3.65. The number of benzene rings is 1. The van der Waals surface area contributed by atoms with Gasteiger partial charge in [-0.05, 0) is 26.0 Å². The monoisotopic (exact) mass is 232 g/mol. The van der Waals surface area contributed by atoms with E-state index in [2.05, 4.69) is 10.2 Å². The van der Waals surface area contributed by atoms with Gasteiger partial charge in [-0.2, -0.15) is 5.10 Å². The fourth-order valence-electron chi connectivity index (χ4n) is 1.73. The van der Waals surface area contributed by atoms with E-state index < -0.39 is 0 Å². The number of nitrogens with zero attached hydrogens (tertiary/aromatic N) is 1. The van der Waals surface area contributed by atoms with E-state index in [9.17, 15) is 0 Å². The second-order valence-electron chi connectivity index (χ2n) is 3.48. The third-order valence-electron chi connectivity index (χ3n) is 2.37. The molecule has 4 nitrogen and oxygen atoms in total. The summed E-state index contributed by atoms with van der Waals surface area (Å²) >= 11 is 0. The Morgan fingerprint density at radius 3 is 2.24 bits per heavy atom. The van der Waals surface area contributed by atoms with Crippen molar-refractivity contribution in [3.05, 3.63) is 30.6 Å². The van der Waals surface area contributed by atoms with Gasteiger partial charge in [-0.1, -0.05) is 6.07 Å². The van der Waals surface area contributed by atoms with E-state index in [4.69, 9.17) is 9.47 Å². The van der Waals surface area contributed by atoms with Gasteiger partial charge < -0.3 is 9.47 Å². The average molecular weight is 232 g/mol. The predicted molar refractivity (Wildman–Crippen MR) is 66.4 cm³/mol. The molecule has 1 aromatic heterocycles. The lowest BCUT2D eigenvalue weighted by molar-refractivity contribution is 0.326. The largest absolute Gasteiger partial charge is 0.493 e. The molecule has 0 unspecified atom stereocenters. The standard InChI is InChI=1S/C13H16N2O2/c1-3-16-11-6-5-7-12(17-4-2)13(11)10-8-14-15-9-10/h5-9H,3-4H2,1-2H3,(H,14,15). The number of rotatable bonds is 5. The van der Waals surface area contributed by atoms with E-state index in [-0.39, 0.29) is 0 Å². The van der Waals surface area contributed by atoms with Crippen LogP contribution in [0, 0.1) is 0 Å². The van der Waals surface area contributed by atoms with Crippen molar-refractivity contribution < 1.29 is 9.47 Å². The highest BCUT2D eigenvalue weighted by molar-refractivity contribution is 5.75. The highest BCUT2D eigenvalue weighted by Crippen LogP contribution is 2.37. The third kappa shape index (κ3) is 2.41. The Labute approximate surface area is 101 Å². The molecular formula is C13H16N2O2. The smallest absolute Gasteiger partial charge is 0.130 e. The van der Waals surface area contributed by atoms with Crippen LogP contribution in [0.25, 0.3) is 11.1 Å². The fraction of sp³-hybridized carbons (Fsp3) is 0.308. The summed E-state index contributed by atoms with van der Waals surface area (Å²) in [5.41, 5.74) is 1.92. The van der Waals surface area contributed by atoms with Crippen LogP contribution in [-0.2, 0) is 0 Å². The molecule has 0 fully saturated rings. The van der Waals surface area contributed by atoms with E-state index in [1.807, 2.05) is 38.2 Å². The minimum atomic E-state index is 0.625. The summed E-state index contributed by atoms with van der Waals surface area (Å²) in [6.07, 6.45) is 3.60. The molecule has 2 aromatic rings. The Morgan fingerprint density at radius 1 is 1.12 bits per heavy atom. The lowest BCUT2D eigenvalue weighted by Gasteiger charge is -2.13. The maximum Gasteiger partial charge on any atom is 0.130 e. The molecule has 90 valence electrons. The SMILES string of the molecule is CCOc1cccc(OCC)c1-c1cn[nH]c1. The van der Waals surface area contributed by atoms with Crippen LogP contribution in [0.5, 0.6) is 11.5 Å². The van der Waals surface area contributed by atoms with E-state index >= 15 is 0 Å². The molecule has 2 rings (SSSR count). The number of aromatic nitrogens is 2. The summed E-state index contributed by atoms with van der Waals surface area (Å²) in [6, 6.07) is 5.81. The van der Waals surface area contributed by atoms with Crippen LogP contribution >= 0.6 is 0 Å². The number of ether oxygens (including phenoxy) is 2. The number of hydrogen-bond donors (Lipinski definition) is 1. The van der Waals surface area contributed by atoms with Gasteiger partial charge in [0.05, 0.1) is 25.0 Å². The summed E-state index contributed by atoms with van der Waals surface area (Å²) in [6.45, 7) is 5.18. The summed E-state index contributed by atoms with van der Waals surface area (Å²) < 4.78 is 11.3. The molecule has 4 heteroatoms. The highest BCUT2D eigenvalue weighted by atomic mass is 16.5. The maximum atomic E-state index is 5.63. The van der Waals surface area contributed by atoms with Gasteiger partial charge in [-0.15, -0.1) is 0 Å². The first kappa shape index (κ1) is 11.5. The maximum absolute atomic E-state index is 5.63. The van der Waals surface area contributed by atoms with Crippen LogP contribution in [0.15, 0.2) is 30.6 Å². The van der Waals surface area contributed by atoms with Crippen molar-refractivity contribution in [2.75, 3.05) is 13.2 Å². The molecule has 0 radical (unpaired) electrons. The van der Waals surface area contributed by atoms with Crippen molar-refractivity contribution >= 4 is 0 Å². The Morgan fingerprint density at radius 2 is 1.76 bits per heavy atom. The van der Waals surface area contributed by atoms with E-state index in [1.165, 1.54) is 0 Å². The fourth-order valence-corrected chi connectivity index (χ4v) is 1.73. The van der Waals surface area contributed by atoms with Gasteiger partial charge in [-0.25, -0.2) is 0 Å². The molecule has 0 aliphatic carbocycles. The molecule has 0 spiro atoms. The van der Waals surface area contributed by atoms with Crippen molar-refractivity contribution in [3.8, 4) is 22.6 Å².